The van der Waals surface area contributed by atoms with Gasteiger partial charge >= 0.3 is 0 Å². The van der Waals surface area contributed by atoms with Gasteiger partial charge in [0.2, 0.25) is 0 Å². The van der Waals surface area contributed by atoms with Gasteiger partial charge in [0.25, 0.3) is 5.91 Å². The van der Waals surface area contributed by atoms with Crippen molar-refractivity contribution >= 4 is 5.91 Å². The van der Waals surface area contributed by atoms with E-state index in [1.807, 2.05) is 37.4 Å². The molecule has 1 saturated carbocycles. The minimum Gasteiger partial charge on any atom is -0.504 e. The number of phenols is 1. The minimum atomic E-state index is -0.280. The number of phenolic OH excluding ortho intramolecular Hbond substituents is 1. The highest BCUT2D eigenvalue weighted by atomic mass is 16.5. The summed E-state index contributed by atoms with van der Waals surface area (Å²) in [5, 5.41) is 20.5. The first-order chi connectivity index (χ1) is 18.0. The Kier molecular flexibility index (Phi) is 6.53. The van der Waals surface area contributed by atoms with Crippen LogP contribution in [0.1, 0.15) is 49.7 Å². The molecular weight excluding hydrogens is 468 g/mol. The van der Waals surface area contributed by atoms with E-state index in [4.69, 9.17) is 9.47 Å². The number of fused-ring (bicyclic) bond motifs is 1. The van der Waals surface area contributed by atoms with Gasteiger partial charge in [-0.1, -0.05) is 24.3 Å². The standard InChI is InChI=1S/C30H38N2O5/c1-31(26(35)19-36-23-6-3-2-4-7-23)24(8-5-15-33)29-30-13-14-32(18-20-9-10-20)22(17-30)16-21-11-12-25(34)28(37-29)27(21)30/h2-4,6-7,11-12,20,22,24,29,33-34H,5,8-10,13-19H2,1H3/t22-,24+,29+,30+/m1/s1. The minimum absolute atomic E-state index is 0.0556. The smallest absolute Gasteiger partial charge is 0.260 e. The van der Waals surface area contributed by atoms with Crippen LogP contribution >= 0.6 is 0 Å². The Hall–Kier alpha value is -2.77. The molecule has 6 rings (SSSR count). The molecule has 4 aliphatic rings. The Morgan fingerprint density at radius 2 is 2.05 bits per heavy atom. The summed E-state index contributed by atoms with van der Waals surface area (Å²) >= 11 is 0. The highest BCUT2D eigenvalue weighted by molar-refractivity contribution is 5.78. The number of nitrogens with zero attached hydrogens (tertiary/aromatic N) is 2. The normalized spacial score (nSPS) is 26.8. The summed E-state index contributed by atoms with van der Waals surface area (Å²) in [6, 6.07) is 13.4. The zero-order valence-electron chi connectivity index (χ0n) is 21.6. The van der Waals surface area contributed by atoms with Gasteiger partial charge in [0.1, 0.15) is 11.9 Å². The van der Waals surface area contributed by atoms with E-state index in [1.165, 1.54) is 24.9 Å². The second-order valence-electron chi connectivity index (χ2n) is 11.4. The van der Waals surface area contributed by atoms with Crippen molar-refractivity contribution in [2.24, 2.45) is 5.92 Å². The van der Waals surface area contributed by atoms with Crippen molar-refractivity contribution in [3.8, 4) is 17.2 Å². The number of para-hydroxylation sites is 1. The summed E-state index contributed by atoms with van der Waals surface area (Å²) in [6.45, 7) is 2.18. The van der Waals surface area contributed by atoms with Gasteiger partial charge in [-0.3, -0.25) is 9.69 Å². The summed E-state index contributed by atoms with van der Waals surface area (Å²) in [5.41, 5.74) is 2.19. The molecule has 1 amide bonds. The lowest BCUT2D eigenvalue weighted by atomic mass is 9.60. The lowest BCUT2D eigenvalue weighted by molar-refractivity contribution is -0.137. The highest BCUT2D eigenvalue weighted by Gasteiger charge is 2.59. The first kappa shape index (κ1) is 24.6. The van der Waals surface area contributed by atoms with Crippen LogP contribution in [0.4, 0.5) is 0 Å². The van der Waals surface area contributed by atoms with E-state index in [9.17, 15) is 15.0 Å². The van der Waals surface area contributed by atoms with E-state index < -0.39 is 0 Å². The molecule has 2 aliphatic carbocycles. The molecule has 1 spiro atoms. The van der Waals surface area contributed by atoms with Crippen LogP contribution in [-0.2, 0) is 16.6 Å². The lowest BCUT2D eigenvalue weighted by Gasteiger charge is -2.52. The number of carbonyl (C=O) groups excluding carboxylic acids is 1. The van der Waals surface area contributed by atoms with Crippen LogP contribution < -0.4 is 9.47 Å². The van der Waals surface area contributed by atoms with E-state index in [0.717, 1.165) is 37.3 Å². The predicted molar refractivity (Wildman–Crippen MR) is 140 cm³/mol. The van der Waals surface area contributed by atoms with Crippen LogP contribution in [0.2, 0.25) is 0 Å². The number of ether oxygens (including phenoxy) is 2. The number of rotatable bonds is 10. The number of amides is 1. The molecule has 2 bridgehead atoms. The van der Waals surface area contributed by atoms with Gasteiger partial charge in [-0.2, -0.15) is 0 Å². The first-order valence-corrected chi connectivity index (χ1v) is 13.8. The van der Waals surface area contributed by atoms with Crippen LogP contribution in [-0.4, -0.2) is 77.5 Å². The van der Waals surface area contributed by atoms with Crippen LogP contribution in [0.3, 0.4) is 0 Å². The van der Waals surface area contributed by atoms with Crippen LogP contribution in [0.15, 0.2) is 42.5 Å². The average molecular weight is 507 g/mol. The van der Waals surface area contributed by atoms with Gasteiger partial charge in [-0.25, -0.2) is 0 Å². The fourth-order valence-electron chi connectivity index (χ4n) is 7.06. The summed E-state index contributed by atoms with van der Waals surface area (Å²) in [7, 11) is 1.82. The Morgan fingerprint density at radius 1 is 1.24 bits per heavy atom. The monoisotopic (exact) mass is 506 g/mol. The summed E-state index contributed by atoms with van der Waals surface area (Å²) in [4.78, 5) is 17.8. The van der Waals surface area contributed by atoms with Crippen molar-refractivity contribution in [3.05, 3.63) is 53.6 Å². The Labute approximate surface area is 219 Å². The molecule has 4 atom stereocenters. The van der Waals surface area contributed by atoms with Gasteiger partial charge in [0.15, 0.2) is 18.1 Å². The Morgan fingerprint density at radius 3 is 2.81 bits per heavy atom. The van der Waals surface area contributed by atoms with Gasteiger partial charge in [-0.15, -0.1) is 0 Å². The number of aliphatic hydroxyl groups excluding tert-OH is 1. The maximum absolute atomic E-state index is 13.4. The number of carbonyl (C=O) groups is 1. The van der Waals surface area contributed by atoms with E-state index in [-0.39, 0.29) is 42.4 Å². The molecule has 1 saturated heterocycles. The molecule has 2 aliphatic heterocycles. The molecule has 7 nitrogen and oxygen atoms in total. The Bertz CT molecular complexity index is 1140. The molecule has 2 N–H and O–H groups in total. The molecular formula is C30H38N2O5. The maximum Gasteiger partial charge on any atom is 0.260 e. The number of hydrogen-bond acceptors (Lipinski definition) is 6. The predicted octanol–water partition coefficient (Wildman–Crippen LogP) is 3.50. The zero-order valence-corrected chi connectivity index (χ0v) is 21.6. The number of likely N-dealkylation sites (tertiary alicyclic amines) is 1. The molecule has 2 heterocycles. The van der Waals surface area contributed by atoms with E-state index in [0.29, 0.717) is 30.4 Å². The van der Waals surface area contributed by atoms with Crippen molar-refractivity contribution in [1.29, 1.82) is 0 Å². The van der Waals surface area contributed by atoms with E-state index in [2.05, 4.69) is 11.0 Å². The Balaban J connectivity index is 1.29. The van der Waals surface area contributed by atoms with E-state index in [1.54, 1.807) is 11.0 Å². The largest absolute Gasteiger partial charge is 0.504 e. The maximum atomic E-state index is 13.4. The highest BCUT2D eigenvalue weighted by Crippen LogP contribution is 2.59. The SMILES string of the molecule is CN(C(=O)COc1ccccc1)[C@@H](CCCO)[C@@H]1Oc2c(O)ccc3c2[C@@]12CCN(CC1CC1)[C@H](C3)C2. The van der Waals surface area contributed by atoms with Crippen LogP contribution in [0, 0.1) is 5.92 Å². The number of benzene rings is 2. The molecule has 198 valence electrons. The summed E-state index contributed by atoms with van der Waals surface area (Å²) < 4.78 is 12.5. The molecule has 7 heteroatoms. The van der Waals surface area contributed by atoms with Crippen LogP contribution in [0.5, 0.6) is 17.2 Å². The summed E-state index contributed by atoms with van der Waals surface area (Å²) in [5.74, 6) is 2.17. The number of piperidine rings is 1. The van der Waals surface area contributed by atoms with Gasteiger partial charge < -0.3 is 24.6 Å². The molecule has 37 heavy (non-hydrogen) atoms. The third-order valence-electron chi connectivity index (χ3n) is 9.12. The van der Waals surface area contributed by atoms with E-state index >= 15 is 0 Å². The van der Waals surface area contributed by atoms with Crippen molar-refractivity contribution in [1.82, 2.24) is 9.80 Å². The van der Waals surface area contributed by atoms with Gasteiger partial charge in [0.05, 0.1) is 6.04 Å². The molecule has 2 fully saturated rings. The second kappa shape index (κ2) is 9.84. The number of aromatic hydroxyl groups is 1. The fourth-order valence-corrected chi connectivity index (χ4v) is 7.06. The van der Waals surface area contributed by atoms with Crippen molar-refractivity contribution < 1.29 is 24.5 Å². The quantitative estimate of drug-likeness (QED) is 0.513. The van der Waals surface area contributed by atoms with Crippen LogP contribution in [0.25, 0.3) is 0 Å². The third-order valence-corrected chi connectivity index (χ3v) is 9.12. The third kappa shape index (κ3) is 4.46. The van der Waals surface area contributed by atoms with Crippen molar-refractivity contribution in [2.75, 3.05) is 33.4 Å². The van der Waals surface area contributed by atoms with Gasteiger partial charge in [0, 0.05) is 37.2 Å². The topological polar surface area (TPSA) is 82.5 Å². The summed E-state index contributed by atoms with van der Waals surface area (Å²) in [6.07, 6.45) is 6.51. The number of hydrogen-bond donors (Lipinski definition) is 2. The first-order valence-electron chi connectivity index (χ1n) is 13.8. The second-order valence-corrected chi connectivity index (χ2v) is 11.4. The molecule has 0 radical (unpaired) electrons. The molecule has 0 aromatic heterocycles. The fraction of sp³-hybridized carbons (Fsp3) is 0.567. The number of likely N-dealkylation sites (N-methyl/N-ethyl adjacent to an activating group) is 1. The molecule has 0 unspecified atom stereocenters. The van der Waals surface area contributed by atoms with Gasteiger partial charge in [-0.05, 0) is 81.2 Å². The zero-order chi connectivity index (χ0) is 25.6. The molecule has 2 aromatic rings. The molecule has 2 aromatic carbocycles. The lowest BCUT2D eigenvalue weighted by Crippen LogP contribution is -2.61. The average Bonchev–Trinajstić information content (AvgIpc) is 3.68. The number of aliphatic hydroxyl groups is 1. The van der Waals surface area contributed by atoms with Crippen molar-refractivity contribution in [2.45, 2.75) is 68.5 Å². The van der Waals surface area contributed by atoms with Crippen molar-refractivity contribution in [3.63, 3.8) is 0 Å².